The van der Waals surface area contributed by atoms with Crippen LogP contribution in [-0.4, -0.2) is 58.6 Å². The van der Waals surface area contributed by atoms with Crippen LogP contribution in [0.5, 0.6) is 5.75 Å². The molecule has 2 aliphatic rings. The van der Waals surface area contributed by atoms with E-state index in [-0.39, 0.29) is 28.0 Å². The molecule has 0 bridgehead atoms. The van der Waals surface area contributed by atoms with Gasteiger partial charge in [0.1, 0.15) is 11.5 Å². The van der Waals surface area contributed by atoms with Crippen molar-refractivity contribution in [1.82, 2.24) is 4.90 Å². The Bertz CT molecular complexity index is 1350. The summed E-state index contributed by atoms with van der Waals surface area (Å²) in [6.45, 7) is 13.6. The van der Waals surface area contributed by atoms with Crippen LogP contribution in [0.4, 0.5) is 5.69 Å². The lowest BCUT2D eigenvalue weighted by atomic mass is 9.93. The van der Waals surface area contributed by atoms with Crippen molar-refractivity contribution in [3.63, 3.8) is 0 Å². The van der Waals surface area contributed by atoms with Crippen molar-refractivity contribution in [2.45, 2.75) is 112 Å². The number of carbonyl (C=O) groups excluding carboxylic acids is 3. The van der Waals surface area contributed by atoms with Crippen LogP contribution in [-0.2, 0) is 14.4 Å². The number of nitrogens with zero attached hydrogens (tertiary/aromatic N) is 2. The average Bonchev–Trinajstić information content (AvgIpc) is 3.26. The van der Waals surface area contributed by atoms with Crippen LogP contribution in [0.25, 0.3) is 5.57 Å². The predicted molar refractivity (Wildman–Crippen MR) is 188 cm³/mol. The molecule has 0 amide bonds. The fraction of sp³-hybridized carbons (Fsp3) is 0.564. The highest BCUT2D eigenvalue weighted by molar-refractivity contribution is 6.63. The van der Waals surface area contributed by atoms with E-state index in [1.165, 1.54) is 89.2 Å². The van der Waals surface area contributed by atoms with Crippen molar-refractivity contribution >= 4 is 28.6 Å². The van der Waals surface area contributed by atoms with Crippen LogP contribution in [0.15, 0.2) is 59.0 Å². The molecule has 0 spiro atoms. The SMILES string of the molecule is CCCCCCCCC(CCCCCC)CN(CC)c1ccc(C2=C(O)/C(=C3\C=CC(N(CC)CC)=CC3=O)C(=O)C2=O)c(O)c1. The molecule has 1 unspecified atom stereocenters. The predicted octanol–water partition coefficient (Wildman–Crippen LogP) is 8.64. The molecular weight excluding hydrogens is 576 g/mol. The van der Waals surface area contributed by atoms with Crippen molar-refractivity contribution < 1.29 is 24.6 Å². The number of unbranched alkanes of at least 4 members (excludes halogenated alkanes) is 8. The van der Waals surface area contributed by atoms with Crippen LogP contribution in [0.1, 0.15) is 117 Å². The minimum absolute atomic E-state index is 0.0228. The summed E-state index contributed by atoms with van der Waals surface area (Å²) in [7, 11) is 0. The van der Waals surface area contributed by atoms with Crippen molar-refractivity contribution in [3.8, 4) is 5.75 Å². The maximum atomic E-state index is 13.2. The topological polar surface area (TPSA) is 98.2 Å². The van der Waals surface area contributed by atoms with E-state index >= 15 is 0 Å². The second-order valence-electron chi connectivity index (χ2n) is 12.6. The Labute approximate surface area is 276 Å². The van der Waals surface area contributed by atoms with Gasteiger partial charge in [0.25, 0.3) is 0 Å². The van der Waals surface area contributed by atoms with Gasteiger partial charge in [-0.2, -0.15) is 0 Å². The van der Waals surface area contributed by atoms with Gasteiger partial charge < -0.3 is 20.0 Å². The van der Waals surface area contributed by atoms with Crippen molar-refractivity contribution in [2.75, 3.05) is 31.1 Å². The molecule has 1 atom stereocenters. The van der Waals surface area contributed by atoms with E-state index in [1.54, 1.807) is 18.2 Å². The van der Waals surface area contributed by atoms with E-state index in [9.17, 15) is 24.6 Å². The number of Topliss-reactive ketones (excluding diaryl/α,β-unsaturated/α-hetero) is 2. The van der Waals surface area contributed by atoms with Gasteiger partial charge in [0.2, 0.25) is 11.6 Å². The van der Waals surface area contributed by atoms with Crippen molar-refractivity contribution in [3.05, 3.63) is 64.6 Å². The highest BCUT2D eigenvalue weighted by atomic mass is 16.3. The first-order valence-electron chi connectivity index (χ1n) is 17.8. The van der Waals surface area contributed by atoms with E-state index in [0.717, 1.165) is 18.8 Å². The lowest BCUT2D eigenvalue weighted by molar-refractivity contribution is -0.130. The first kappa shape index (κ1) is 36.9. The molecular formula is C39H56N2O5. The quantitative estimate of drug-likeness (QED) is 0.0843. The van der Waals surface area contributed by atoms with Crippen LogP contribution >= 0.6 is 0 Å². The van der Waals surface area contributed by atoms with Gasteiger partial charge in [-0.15, -0.1) is 0 Å². The smallest absolute Gasteiger partial charge is 0.238 e. The maximum absolute atomic E-state index is 13.2. The first-order chi connectivity index (χ1) is 22.2. The Hall–Kier alpha value is -3.61. The second kappa shape index (κ2) is 18.5. The summed E-state index contributed by atoms with van der Waals surface area (Å²) >= 11 is 0. The third-order valence-corrected chi connectivity index (χ3v) is 9.41. The Balaban J connectivity index is 1.83. The number of aliphatic hydroxyl groups is 1. The molecule has 3 rings (SSSR count). The van der Waals surface area contributed by atoms with E-state index in [2.05, 4.69) is 25.7 Å². The number of carbonyl (C=O) groups is 3. The summed E-state index contributed by atoms with van der Waals surface area (Å²) in [5.41, 5.74) is 1.03. The number of rotatable bonds is 20. The van der Waals surface area contributed by atoms with Gasteiger partial charge in [0.15, 0.2) is 5.78 Å². The molecule has 2 N–H and O–H groups in total. The fourth-order valence-electron chi connectivity index (χ4n) is 6.63. The number of likely N-dealkylation sites (N-methyl/N-ethyl adjacent to an activating group) is 1. The molecule has 0 aromatic heterocycles. The average molecular weight is 633 g/mol. The lowest BCUT2D eigenvalue weighted by Gasteiger charge is -2.29. The monoisotopic (exact) mass is 632 g/mol. The number of phenolic OH excluding ortho intramolecular Hbond substituents is 1. The molecule has 0 aliphatic heterocycles. The summed E-state index contributed by atoms with van der Waals surface area (Å²) in [5.74, 6) is -2.52. The summed E-state index contributed by atoms with van der Waals surface area (Å²) in [5, 5.41) is 22.3. The molecule has 1 aromatic rings. The number of ketones is 3. The first-order valence-corrected chi connectivity index (χ1v) is 17.8. The van der Waals surface area contributed by atoms with E-state index in [1.807, 2.05) is 24.8 Å². The zero-order chi connectivity index (χ0) is 33.6. The number of aromatic hydroxyl groups is 1. The summed E-state index contributed by atoms with van der Waals surface area (Å²) in [6.07, 6.45) is 19.6. The summed E-state index contributed by atoms with van der Waals surface area (Å²) in [6, 6.07) is 5.05. The van der Waals surface area contributed by atoms with Gasteiger partial charge in [-0.1, -0.05) is 78.1 Å². The second-order valence-corrected chi connectivity index (χ2v) is 12.6. The van der Waals surface area contributed by atoms with Crippen molar-refractivity contribution in [2.24, 2.45) is 5.92 Å². The highest BCUT2D eigenvalue weighted by Gasteiger charge is 2.41. The molecule has 2 aliphatic carbocycles. The van der Waals surface area contributed by atoms with Crippen molar-refractivity contribution in [1.29, 1.82) is 0 Å². The Morgan fingerprint density at radius 1 is 0.674 bits per heavy atom. The Morgan fingerprint density at radius 3 is 1.80 bits per heavy atom. The third kappa shape index (κ3) is 9.23. The zero-order valence-corrected chi connectivity index (χ0v) is 28.9. The molecule has 0 saturated carbocycles. The minimum Gasteiger partial charge on any atom is -0.507 e. The van der Waals surface area contributed by atoms with Gasteiger partial charge in [0, 0.05) is 60.8 Å². The molecule has 0 heterocycles. The molecule has 7 heteroatoms. The number of allylic oxidation sites excluding steroid dienone is 6. The normalized spacial score (nSPS) is 17.2. The number of aliphatic hydroxyl groups excluding tert-OH is 1. The van der Waals surface area contributed by atoms with Gasteiger partial charge in [-0.25, -0.2) is 0 Å². The van der Waals surface area contributed by atoms with Gasteiger partial charge in [-0.3, -0.25) is 14.4 Å². The van der Waals surface area contributed by atoms with Crippen LogP contribution in [0.3, 0.4) is 0 Å². The molecule has 0 saturated heterocycles. The minimum atomic E-state index is -0.945. The van der Waals surface area contributed by atoms with Gasteiger partial charge >= 0.3 is 0 Å². The van der Waals surface area contributed by atoms with E-state index < -0.39 is 23.1 Å². The molecule has 0 radical (unpaired) electrons. The number of anilines is 1. The zero-order valence-electron chi connectivity index (χ0n) is 28.9. The largest absolute Gasteiger partial charge is 0.507 e. The Morgan fingerprint density at radius 2 is 1.24 bits per heavy atom. The summed E-state index contributed by atoms with van der Waals surface area (Å²) < 4.78 is 0. The molecule has 46 heavy (non-hydrogen) atoms. The summed E-state index contributed by atoms with van der Waals surface area (Å²) in [4.78, 5) is 43.6. The number of hydrogen-bond acceptors (Lipinski definition) is 7. The molecule has 0 fully saturated rings. The highest BCUT2D eigenvalue weighted by Crippen LogP contribution is 2.39. The van der Waals surface area contributed by atoms with E-state index in [4.69, 9.17) is 0 Å². The fourth-order valence-corrected chi connectivity index (χ4v) is 6.63. The third-order valence-electron chi connectivity index (χ3n) is 9.41. The van der Waals surface area contributed by atoms with Gasteiger partial charge in [0.05, 0.1) is 11.1 Å². The standard InChI is InChI=1S/C39H56N2O5/c1-6-11-13-15-16-18-20-28(19-17-14-12-7-2)27-41(10-5)30-22-24-32(34(43)26-30)36-37(44)35(38(45)39(36)46)31-23-21-29(25-33(31)42)40(8-3)9-4/h21-26,28,43-44H,6-20,27H2,1-5H3/b35-31-. The Kier molecular flexibility index (Phi) is 14.8. The van der Waals surface area contributed by atoms with Crippen LogP contribution in [0, 0.1) is 5.92 Å². The number of hydrogen-bond donors (Lipinski definition) is 2. The number of phenols is 1. The van der Waals surface area contributed by atoms with Crippen LogP contribution in [0.2, 0.25) is 0 Å². The molecule has 7 nitrogen and oxygen atoms in total. The van der Waals surface area contributed by atoms with Crippen LogP contribution < -0.4 is 4.90 Å². The molecule has 252 valence electrons. The lowest BCUT2D eigenvalue weighted by Crippen LogP contribution is -2.29. The van der Waals surface area contributed by atoms with Gasteiger partial charge in [-0.05, 0) is 63.8 Å². The number of benzene rings is 1. The maximum Gasteiger partial charge on any atom is 0.238 e. The van der Waals surface area contributed by atoms with E-state index in [0.29, 0.717) is 24.7 Å². The molecule has 1 aromatic carbocycles.